The molecule has 2 N–H and O–H groups in total. The monoisotopic (exact) mass is 278 g/mol. The highest BCUT2D eigenvalue weighted by molar-refractivity contribution is 5.96. The first-order valence-electron chi connectivity index (χ1n) is 6.39. The number of rotatable bonds is 4. The van der Waals surface area contributed by atoms with Crippen LogP contribution in [0.1, 0.15) is 16.8 Å². The van der Waals surface area contributed by atoms with Gasteiger partial charge in [-0.2, -0.15) is 0 Å². The second kappa shape index (κ2) is 6.49. The summed E-state index contributed by atoms with van der Waals surface area (Å²) in [4.78, 5) is 23.3. The number of carbonyl (C=O) groups is 2. The fourth-order valence-corrected chi connectivity index (χ4v) is 2.12. The topological polar surface area (TPSA) is 76.7 Å². The zero-order valence-corrected chi connectivity index (χ0v) is 11.5. The molecule has 1 aliphatic heterocycles. The molecule has 0 unspecified atom stereocenters. The van der Waals surface area contributed by atoms with Gasteiger partial charge in [-0.25, -0.2) is 4.79 Å². The molecule has 1 aromatic rings. The smallest absolute Gasteiger partial charge is 0.337 e. The van der Waals surface area contributed by atoms with E-state index in [1.165, 1.54) is 7.11 Å². The summed E-state index contributed by atoms with van der Waals surface area (Å²) in [6.45, 7) is 0.676. The van der Waals surface area contributed by atoms with Gasteiger partial charge in [-0.1, -0.05) is 0 Å². The first-order chi connectivity index (χ1) is 9.63. The van der Waals surface area contributed by atoms with Crippen LogP contribution in [0.5, 0.6) is 0 Å². The van der Waals surface area contributed by atoms with Crippen molar-refractivity contribution in [1.82, 2.24) is 5.32 Å². The minimum absolute atomic E-state index is 0.0763. The van der Waals surface area contributed by atoms with Gasteiger partial charge in [0.2, 0.25) is 5.91 Å². The summed E-state index contributed by atoms with van der Waals surface area (Å²) in [7, 11) is 2.97. The van der Waals surface area contributed by atoms with Crippen LogP contribution in [0.15, 0.2) is 24.3 Å². The molecule has 2 rings (SSSR count). The largest absolute Gasteiger partial charge is 0.465 e. The van der Waals surface area contributed by atoms with Crippen LogP contribution in [0.2, 0.25) is 0 Å². The van der Waals surface area contributed by atoms with Crippen molar-refractivity contribution in [3.05, 3.63) is 29.8 Å². The molecule has 6 heteroatoms. The lowest BCUT2D eigenvalue weighted by Gasteiger charge is -2.11. The third-order valence-electron chi connectivity index (χ3n) is 3.31. The zero-order chi connectivity index (χ0) is 14.5. The molecule has 0 aliphatic carbocycles. The molecule has 108 valence electrons. The summed E-state index contributed by atoms with van der Waals surface area (Å²) in [5, 5.41) is 5.91. The fourth-order valence-electron chi connectivity index (χ4n) is 2.12. The van der Waals surface area contributed by atoms with E-state index in [1.54, 1.807) is 31.4 Å². The molecule has 1 heterocycles. The van der Waals surface area contributed by atoms with Crippen molar-refractivity contribution in [2.75, 3.05) is 26.1 Å². The molecule has 1 saturated heterocycles. The standard InChI is InChI=1S/C14H18N2O4/c1-19-11-7-12(15-8-11)13(17)16-10-5-3-9(4-6-10)14(18)20-2/h3-6,11-12,15H,7-8H2,1-2H3,(H,16,17)/t11-,12-/m1/s1. The van der Waals surface area contributed by atoms with Crippen molar-refractivity contribution in [3.63, 3.8) is 0 Å². The molecule has 1 fully saturated rings. The molecule has 0 bridgehead atoms. The predicted octanol–water partition coefficient (Wildman–Crippen LogP) is 0.789. The van der Waals surface area contributed by atoms with Crippen molar-refractivity contribution < 1.29 is 19.1 Å². The van der Waals surface area contributed by atoms with Gasteiger partial charge in [-0.15, -0.1) is 0 Å². The Hall–Kier alpha value is -1.92. The van der Waals surface area contributed by atoms with Gasteiger partial charge < -0.3 is 20.1 Å². The van der Waals surface area contributed by atoms with Crippen molar-refractivity contribution >= 4 is 17.6 Å². The maximum absolute atomic E-state index is 12.0. The number of ether oxygens (including phenoxy) is 2. The summed E-state index contributed by atoms with van der Waals surface area (Å²) >= 11 is 0. The van der Waals surface area contributed by atoms with E-state index in [0.29, 0.717) is 24.2 Å². The zero-order valence-electron chi connectivity index (χ0n) is 11.5. The van der Waals surface area contributed by atoms with Gasteiger partial charge in [0.1, 0.15) is 0 Å². The summed E-state index contributed by atoms with van der Waals surface area (Å²) < 4.78 is 9.81. The van der Waals surface area contributed by atoms with Gasteiger partial charge in [0.25, 0.3) is 0 Å². The number of carbonyl (C=O) groups excluding carboxylic acids is 2. The Morgan fingerprint density at radius 3 is 2.50 bits per heavy atom. The lowest BCUT2D eigenvalue weighted by atomic mass is 10.1. The Morgan fingerprint density at radius 2 is 1.95 bits per heavy atom. The molecule has 20 heavy (non-hydrogen) atoms. The van der Waals surface area contributed by atoms with Gasteiger partial charge in [0.15, 0.2) is 0 Å². The molecule has 6 nitrogen and oxygen atoms in total. The average Bonchev–Trinajstić information content (AvgIpc) is 2.96. The van der Waals surface area contributed by atoms with E-state index in [-0.39, 0.29) is 18.1 Å². The van der Waals surface area contributed by atoms with Crippen molar-refractivity contribution in [3.8, 4) is 0 Å². The van der Waals surface area contributed by atoms with Crippen LogP contribution >= 0.6 is 0 Å². The van der Waals surface area contributed by atoms with E-state index < -0.39 is 5.97 Å². The van der Waals surface area contributed by atoms with Crippen LogP contribution in [-0.2, 0) is 14.3 Å². The molecule has 0 saturated carbocycles. The Kier molecular flexibility index (Phi) is 4.70. The SMILES string of the molecule is COC(=O)c1ccc(NC(=O)[C@H]2C[C@@H](OC)CN2)cc1. The molecule has 2 atom stereocenters. The summed E-state index contributed by atoms with van der Waals surface area (Å²) in [5.74, 6) is -0.501. The molecule has 1 aliphatic rings. The average molecular weight is 278 g/mol. The van der Waals surface area contributed by atoms with Crippen LogP contribution in [0.4, 0.5) is 5.69 Å². The van der Waals surface area contributed by atoms with E-state index in [9.17, 15) is 9.59 Å². The van der Waals surface area contributed by atoms with Gasteiger partial charge >= 0.3 is 5.97 Å². The Bertz CT molecular complexity index is 486. The summed E-state index contributed by atoms with van der Waals surface area (Å²) in [6.07, 6.45) is 0.732. The lowest BCUT2D eigenvalue weighted by Crippen LogP contribution is -2.35. The molecular weight excluding hydrogens is 260 g/mol. The van der Waals surface area contributed by atoms with E-state index in [4.69, 9.17) is 4.74 Å². The fraction of sp³-hybridized carbons (Fsp3) is 0.429. The molecule has 1 amide bonds. The highest BCUT2D eigenvalue weighted by Crippen LogP contribution is 2.14. The summed E-state index contributed by atoms with van der Waals surface area (Å²) in [5.41, 5.74) is 1.09. The number of hydrogen-bond acceptors (Lipinski definition) is 5. The van der Waals surface area contributed by atoms with E-state index in [1.807, 2.05) is 0 Å². The molecule has 1 aromatic carbocycles. The van der Waals surface area contributed by atoms with Crippen LogP contribution in [0, 0.1) is 0 Å². The van der Waals surface area contributed by atoms with Gasteiger partial charge in [0, 0.05) is 19.3 Å². The molecule has 0 spiro atoms. The van der Waals surface area contributed by atoms with Crippen LogP contribution in [0.3, 0.4) is 0 Å². The molecule has 0 radical (unpaired) electrons. The Labute approximate surface area is 117 Å². The number of amides is 1. The number of esters is 1. The lowest BCUT2D eigenvalue weighted by molar-refractivity contribution is -0.118. The van der Waals surface area contributed by atoms with Crippen LogP contribution < -0.4 is 10.6 Å². The second-order valence-electron chi connectivity index (χ2n) is 4.61. The first-order valence-corrected chi connectivity index (χ1v) is 6.39. The van der Waals surface area contributed by atoms with Gasteiger partial charge in [-0.3, -0.25) is 4.79 Å². The minimum atomic E-state index is -0.400. The third-order valence-corrected chi connectivity index (χ3v) is 3.31. The third kappa shape index (κ3) is 3.34. The van der Waals surface area contributed by atoms with Gasteiger partial charge in [0.05, 0.1) is 24.8 Å². The highest BCUT2D eigenvalue weighted by Gasteiger charge is 2.29. The molecular formula is C14H18N2O4. The number of hydrogen-bond donors (Lipinski definition) is 2. The number of methoxy groups -OCH3 is 2. The van der Waals surface area contributed by atoms with E-state index >= 15 is 0 Å². The quantitative estimate of drug-likeness (QED) is 0.796. The van der Waals surface area contributed by atoms with E-state index in [0.717, 1.165) is 0 Å². The Balaban J connectivity index is 1.93. The number of benzene rings is 1. The highest BCUT2D eigenvalue weighted by atomic mass is 16.5. The number of anilines is 1. The Morgan fingerprint density at radius 1 is 1.25 bits per heavy atom. The summed E-state index contributed by atoms with van der Waals surface area (Å²) in [6, 6.07) is 6.32. The normalized spacial score (nSPS) is 21.5. The van der Waals surface area contributed by atoms with Crippen LogP contribution in [-0.4, -0.2) is 44.8 Å². The number of nitrogens with one attached hydrogen (secondary N) is 2. The van der Waals surface area contributed by atoms with Crippen molar-refractivity contribution in [2.24, 2.45) is 0 Å². The van der Waals surface area contributed by atoms with Crippen molar-refractivity contribution in [2.45, 2.75) is 18.6 Å². The maximum atomic E-state index is 12.0. The maximum Gasteiger partial charge on any atom is 0.337 e. The second-order valence-corrected chi connectivity index (χ2v) is 4.61. The van der Waals surface area contributed by atoms with Crippen LogP contribution in [0.25, 0.3) is 0 Å². The predicted molar refractivity (Wildman–Crippen MR) is 73.6 cm³/mol. The first kappa shape index (κ1) is 14.5. The van der Waals surface area contributed by atoms with E-state index in [2.05, 4.69) is 15.4 Å². The minimum Gasteiger partial charge on any atom is -0.465 e. The van der Waals surface area contributed by atoms with Gasteiger partial charge in [-0.05, 0) is 30.7 Å². The molecule has 0 aromatic heterocycles. The van der Waals surface area contributed by atoms with Crippen molar-refractivity contribution in [1.29, 1.82) is 0 Å².